The molecule has 0 spiro atoms. The van der Waals surface area contributed by atoms with Gasteiger partial charge in [-0.1, -0.05) is 6.07 Å². The number of rotatable bonds is 1. The highest BCUT2D eigenvalue weighted by Gasteiger charge is 2.03. The summed E-state index contributed by atoms with van der Waals surface area (Å²) in [6, 6.07) is 7.41. The van der Waals surface area contributed by atoms with E-state index in [2.05, 4.69) is 0 Å². The molecular formula is C7H4N2O2. The molecule has 1 rings (SSSR count). The van der Waals surface area contributed by atoms with Gasteiger partial charge in [0.1, 0.15) is 0 Å². The lowest BCUT2D eigenvalue weighted by Crippen LogP contribution is -1.87. The van der Waals surface area contributed by atoms with Crippen LogP contribution in [0.2, 0.25) is 0 Å². The van der Waals surface area contributed by atoms with Crippen molar-refractivity contribution in [2.45, 2.75) is 0 Å². The first-order valence-electron chi connectivity index (χ1n) is 2.88. The minimum absolute atomic E-state index is 0.0518. The zero-order valence-electron chi connectivity index (χ0n) is 5.52. The number of hydrogen-bond donors (Lipinski definition) is 0. The Bertz CT molecular complexity index is 327. The van der Waals surface area contributed by atoms with Crippen molar-refractivity contribution in [2.75, 3.05) is 0 Å². The first-order valence-corrected chi connectivity index (χ1v) is 2.88. The molecule has 0 aliphatic heterocycles. The van der Waals surface area contributed by atoms with Crippen LogP contribution in [0.5, 0.6) is 0 Å². The molecule has 4 heteroatoms. The summed E-state index contributed by atoms with van der Waals surface area (Å²) in [6.45, 7) is 0. The van der Waals surface area contributed by atoms with Gasteiger partial charge in [-0.05, 0) is 6.07 Å². The van der Waals surface area contributed by atoms with Crippen molar-refractivity contribution < 1.29 is 4.92 Å². The van der Waals surface area contributed by atoms with Gasteiger partial charge in [0.25, 0.3) is 5.69 Å². The Labute approximate surface area is 62.8 Å². The van der Waals surface area contributed by atoms with E-state index in [1.165, 1.54) is 24.3 Å². The number of benzene rings is 1. The summed E-state index contributed by atoms with van der Waals surface area (Å²) in [4.78, 5) is 9.64. The molecule has 0 saturated heterocycles. The molecule has 0 saturated carbocycles. The number of non-ortho nitro benzene ring substituents is 1. The van der Waals surface area contributed by atoms with Crippen molar-refractivity contribution in [2.24, 2.45) is 0 Å². The maximum Gasteiger partial charge on any atom is 0.270 e. The molecule has 0 fully saturated rings. The first kappa shape index (κ1) is 7.22. The van der Waals surface area contributed by atoms with E-state index in [0.717, 1.165) is 0 Å². The zero-order chi connectivity index (χ0) is 8.27. The van der Waals surface area contributed by atoms with Crippen molar-refractivity contribution in [3.8, 4) is 6.07 Å². The third-order valence-corrected chi connectivity index (χ3v) is 1.19. The first-order chi connectivity index (χ1) is 5.24. The molecule has 11 heavy (non-hydrogen) atoms. The summed E-state index contributed by atoms with van der Waals surface area (Å²) >= 11 is 0. The number of nitriles is 1. The predicted octanol–water partition coefficient (Wildman–Crippen LogP) is 1.47. The molecular weight excluding hydrogens is 145 g/mol. The van der Waals surface area contributed by atoms with E-state index in [-0.39, 0.29) is 5.69 Å². The Kier molecular flexibility index (Phi) is 1.83. The Balaban J connectivity index is 3.13. The van der Waals surface area contributed by atoms with E-state index in [9.17, 15) is 10.1 Å². The smallest absolute Gasteiger partial charge is 0.258 e. The maximum absolute atomic E-state index is 10.2. The molecule has 0 aliphatic rings. The second-order valence-electron chi connectivity index (χ2n) is 1.92. The molecule has 4 nitrogen and oxygen atoms in total. The number of hydrogen-bond acceptors (Lipinski definition) is 3. The normalized spacial score (nSPS) is 8.64. The monoisotopic (exact) mass is 149 g/mol. The van der Waals surface area contributed by atoms with E-state index >= 15 is 0 Å². The second kappa shape index (κ2) is 2.80. The van der Waals surface area contributed by atoms with Gasteiger partial charge in [0.2, 0.25) is 0 Å². The minimum atomic E-state index is -0.527. The quantitative estimate of drug-likeness (QED) is 0.345. The molecule has 0 amide bonds. The Morgan fingerprint density at radius 3 is 2.82 bits per heavy atom. The van der Waals surface area contributed by atoms with E-state index in [4.69, 9.17) is 5.26 Å². The Morgan fingerprint density at radius 1 is 1.55 bits per heavy atom. The lowest BCUT2D eigenvalue weighted by molar-refractivity contribution is -0.384. The van der Waals surface area contributed by atoms with Crippen LogP contribution < -0.4 is 0 Å². The van der Waals surface area contributed by atoms with Crippen LogP contribution in [0.3, 0.4) is 0 Å². The largest absolute Gasteiger partial charge is 0.270 e. The van der Waals surface area contributed by atoms with Crippen molar-refractivity contribution in [1.82, 2.24) is 0 Å². The molecule has 0 radical (unpaired) electrons. The summed E-state index contributed by atoms with van der Waals surface area (Å²) in [6.07, 6.45) is 0. The fourth-order valence-electron chi connectivity index (χ4n) is 0.689. The van der Waals surface area contributed by atoms with Gasteiger partial charge < -0.3 is 0 Å². The summed E-state index contributed by atoms with van der Waals surface area (Å²) in [5, 5.41) is 18.5. The lowest BCUT2D eigenvalue weighted by Gasteiger charge is -1.89. The topological polar surface area (TPSA) is 66.9 Å². The van der Waals surface area contributed by atoms with Crippen LogP contribution in [-0.2, 0) is 0 Å². The molecule has 1 aromatic carbocycles. The Hall–Kier alpha value is -1.89. The highest BCUT2D eigenvalue weighted by molar-refractivity contribution is 5.40. The van der Waals surface area contributed by atoms with Crippen LogP contribution in [-0.4, -0.2) is 4.92 Å². The predicted molar refractivity (Wildman–Crippen MR) is 37.8 cm³/mol. The van der Waals surface area contributed by atoms with Gasteiger partial charge in [-0.25, -0.2) is 0 Å². The number of nitro groups is 1. The van der Waals surface area contributed by atoms with Crippen LogP contribution in [0.25, 0.3) is 0 Å². The van der Waals surface area contributed by atoms with Gasteiger partial charge in [-0.3, -0.25) is 10.1 Å². The highest BCUT2D eigenvalue weighted by Crippen LogP contribution is 2.11. The van der Waals surface area contributed by atoms with E-state index in [0.29, 0.717) is 5.56 Å². The summed E-state index contributed by atoms with van der Waals surface area (Å²) in [5.41, 5.74) is 0.253. The van der Waals surface area contributed by atoms with Crippen LogP contribution in [0.4, 0.5) is 5.69 Å². The lowest BCUT2D eigenvalue weighted by atomic mass is 10.2. The van der Waals surface area contributed by atoms with Crippen molar-refractivity contribution in [1.29, 1.82) is 5.26 Å². The molecule has 1 aromatic rings. The van der Waals surface area contributed by atoms with Crippen molar-refractivity contribution in [3.05, 3.63) is 39.9 Å². The molecule has 0 N–H and O–H groups in total. The van der Waals surface area contributed by atoms with Gasteiger partial charge in [-0.15, -0.1) is 0 Å². The van der Waals surface area contributed by atoms with Crippen molar-refractivity contribution >= 4 is 5.69 Å². The third-order valence-electron chi connectivity index (χ3n) is 1.19. The van der Waals surface area contributed by atoms with E-state index in [1.807, 2.05) is 6.07 Å². The maximum atomic E-state index is 10.2. The average Bonchev–Trinajstić information content (AvgIpc) is 2.05. The van der Waals surface area contributed by atoms with E-state index in [1.54, 1.807) is 0 Å². The molecule has 54 valence electrons. The van der Waals surface area contributed by atoms with Gasteiger partial charge in [0.15, 0.2) is 0 Å². The zero-order valence-corrected chi connectivity index (χ0v) is 5.52. The molecule has 0 atom stereocenters. The SMILES string of the molecule is [15N]#Cc1cccc([N+](=O)[O-])c1. The summed E-state index contributed by atoms with van der Waals surface area (Å²) < 4.78 is 0. The van der Waals surface area contributed by atoms with Crippen LogP contribution in [0.15, 0.2) is 24.3 Å². The van der Waals surface area contributed by atoms with Crippen molar-refractivity contribution in [3.63, 3.8) is 0 Å². The third kappa shape index (κ3) is 1.52. The summed E-state index contributed by atoms with van der Waals surface area (Å²) in [5.74, 6) is 0. The van der Waals surface area contributed by atoms with Gasteiger partial charge >= 0.3 is 0 Å². The van der Waals surface area contributed by atoms with Gasteiger partial charge in [0, 0.05) is 12.1 Å². The number of nitrogens with zero attached hydrogens (tertiary/aromatic N) is 2. The molecule has 0 bridgehead atoms. The summed E-state index contributed by atoms with van der Waals surface area (Å²) in [7, 11) is 0. The fourth-order valence-corrected chi connectivity index (χ4v) is 0.689. The van der Waals surface area contributed by atoms with Crippen LogP contribution in [0, 0.1) is 21.4 Å². The molecule has 0 aromatic heterocycles. The number of nitro benzene ring substituents is 1. The minimum Gasteiger partial charge on any atom is -0.258 e. The Morgan fingerprint density at radius 2 is 2.27 bits per heavy atom. The van der Waals surface area contributed by atoms with Gasteiger partial charge in [-0.2, -0.15) is 5.26 Å². The second-order valence-corrected chi connectivity index (χ2v) is 1.92. The average molecular weight is 149 g/mol. The fraction of sp³-hybridized carbons (Fsp3) is 0. The van der Waals surface area contributed by atoms with E-state index < -0.39 is 4.92 Å². The molecule has 0 heterocycles. The van der Waals surface area contributed by atoms with Gasteiger partial charge in [0.05, 0.1) is 16.6 Å². The molecule has 0 unspecified atom stereocenters. The molecule has 0 aliphatic carbocycles. The highest BCUT2D eigenvalue weighted by atomic mass is 16.6. The van der Waals surface area contributed by atoms with Crippen LogP contribution in [0.1, 0.15) is 5.56 Å². The standard InChI is InChI=1S/C7H4N2O2/c8-5-6-2-1-3-7(4-6)9(10)11/h1-4H/i8+1. The van der Waals surface area contributed by atoms with Crippen LogP contribution >= 0.6 is 0 Å².